The summed E-state index contributed by atoms with van der Waals surface area (Å²) < 4.78 is 0. The normalized spacial score (nSPS) is 14.9. The zero-order valence-corrected chi connectivity index (χ0v) is 9.18. The van der Waals surface area contributed by atoms with E-state index in [1.54, 1.807) is 5.57 Å². The highest BCUT2D eigenvalue weighted by molar-refractivity contribution is 5.23. The third kappa shape index (κ3) is 4.47. The van der Waals surface area contributed by atoms with Gasteiger partial charge in [0.15, 0.2) is 0 Å². The molecule has 1 rings (SSSR count). The third-order valence-corrected chi connectivity index (χ3v) is 2.42. The maximum Gasteiger partial charge on any atom is 0.0115 e. The van der Waals surface area contributed by atoms with E-state index in [2.05, 4.69) is 18.3 Å². The van der Waals surface area contributed by atoms with E-state index >= 15 is 0 Å². The largest absolute Gasteiger partial charge is 0.389 e. The molecule has 0 spiro atoms. The van der Waals surface area contributed by atoms with Crippen LogP contribution in [0.25, 0.3) is 0 Å². The molecule has 0 aliphatic heterocycles. The second-order valence-corrected chi connectivity index (χ2v) is 3.71. The van der Waals surface area contributed by atoms with Gasteiger partial charge in [-0.2, -0.15) is 0 Å². The van der Waals surface area contributed by atoms with Crippen molar-refractivity contribution < 1.29 is 0 Å². The number of unbranched alkanes of at least 4 members (excludes halogenated alkanes) is 1. The molecule has 0 aromatic heterocycles. The molecule has 0 amide bonds. The summed E-state index contributed by atoms with van der Waals surface area (Å²) in [6, 6.07) is 0. The molecule has 1 aliphatic rings. The van der Waals surface area contributed by atoms with Crippen molar-refractivity contribution in [1.29, 1.82) is 0 Å². The zero-order chi connectivity index (χ0) is 10.2. The summed E-state index contributed by atoms with van der Waals surface area (Å²) in [6.07, 6.45) is 10.5. The van der Waals surface area contributed by atoms with Crippen LogP contribution < -0.4 is 11.1 Å². The summed E-state index contributed by atoms with van der Waals surface area (Å²) in [5.41, 5.74) is 8.52. The Morgan fingerprint density at radius 2 is 2.21 bits per heavy atom. The number of nitrogens with one attached hydrogen (secondary N) is 1. The second-order valence-electron chi connectivity index (χ2n) is 3.71. The lowest BCUT2D eigenvalue weighted by Crippen LogP contribution is -2.12. The van der Waals surface area contributed by atoms with Crippen molar-refractivity contribution in [3.05, 3.63) is 23.4 Å². The Balaban J connectivity index is 2.15. The molecular weight excluding hydrogens is 172 g/mol. The summed E-state index contributed by atoms with van der Waals surface area (Å²) in [7, 11) is 0. The van der Waals surface area contributed by atoms with Crippen LogP contribution in [0.3, 0.4) is 0 Å². The Morgan fingerprint density at radius 1 is 1.43 bits per heavy atom. The van der Waals surface area contributed by atoms with Crippen molar-refractivity contribution >= 4 is 0 Å². The molecule has 0 unspecified atom stereocenters. The molecule has 0 atom stereocenters. The van der Waals surface area contributed by atoms with Gasteiger partial charge in [0.25, 0.3) is 0 Å². The highest BCUT2D eigenvalue weighted by atomic mass is 14.9. The lowest BCUT2D eigenvalue weighted by atomic mass is 10.1. The fourth-order valence-corrected chi connectivity index (χ4v) is 1.58. The third-order valence-electron chi connectivity index (χ3n) is 2.42. The number of nitrogens with two attached hydrogens (primary N) is 1. The lowest BCUT2D eigenvalue weighted by Gasteiger charge is -2.07. The van der Waals surface area contributed by atoms with E-state index in [1.165, 1.54) is 31.4 Å². The Morgan fingerprint density at radius 3 is 2.79 bits per heavy atom. The molecule has 0 aromatic rings. The number of allylic oxidation sites excluding steroid dienone is 3. The molecule has 1 saturated carbocycles. The zero-order valence-electron chi connectivity index (χ0n) is 9.18. The Bertz CT molecular complexity index is 210. The molecule has 1 aliphatic carbocycles. The maximum atomic E-state index is 5.37. The van der Waals surface area contributed by atoms with Crippen LogP contribution in [0.15, 0.2) is 23.4 Å². The number of rotatable bonds is 7. The van der Waals surface area contributed by atoms with Gasteiger partial charge >= 0.3 is 0 Å². The first kappa shape index (κ1) is 11.3. The molecule has 0 aromatic carbocycles. The van der Waals surface area contributed by atoms with Crippen molar-refractivity contribution in [3.8, 4) is 0 Å². The molecule has 3 N–H and O–H groups in total. The molecular formula is C12H22N2. The Labute approximate surface area is 87.3 Å². The monoisotopic (exact) mass is 194 g/mol. The van der Waals surface area contributed by atoms with Gasteiger partial charge in [-0.15, -0.1) is 0 Å². The second kappa shape index (κ2) is 6.66. The predicted octanol–water partition coefficient (Wildman–Crippen LogP) is 2.33. The maximum absolute atomic E-state index is 5.37. The summed E-state index contributed by atoms with van der Waals surface area (Å²) >= 11 is 0. The fraction of sp³-hybridized carbons (Fsp3) is 0.667. The van der Waals surface area contributed by atoms with Crippen LogP contribution in [0.1, 0.15) is 39.0 Å². The molecule has 80 valence electrons. The van der Waals surface area contributed by atoms with Gasteiger partial charge in [-0.25, -0.2) is 0 Å². The molecule has 2 heteroatoms. The average molecular weight is 194 g/mol. The predicted molar refractivity (Wildman–Crippen MR) is 62.0 cm³/mol. The van der Waals surface area contributed by atoms with Gasteiger partial charge < -0.3 is 11.1 Å². The summed E-state index contributed by atoms with van der Waals surface area (Å²) in [6.45, 7) is 3.88. The first-order chi connectivity index (χ1) is 6.88. The van der Waals surface area contributed by atoms with Crippen molar-refractivity contribution in [2.45, 2.75) is 39.0 Å². The van der Waals surface area contributed by atoms with Crippen molar-refractivity contribution in [2.75, 3.05) is 13.1 Å². The van der Waals surface area contributed by atoms with Gasteiger partial charge in [-0.05, 0) is 39.0 Å². The molecule has 0 saturated heterocycles. The van der Waals surface area contributed by atoms with Gasteiger partial charge in [0.2, 0.25) is 0 Å². The minimum atomic E-state index is 0.668. The molecule has 0 radical (unpaired) electrons. The summed E-state index contributed by atoms with van der Waals surface area (Å²) in [4.78, 5) is 0. The van der Waals surface area contributed by atoms with Crippen molar-refractivity contribution in [2.24, 2.45) is 5.73 Å². The van der Waals surface area contributed by atoms with Gasteiger partial charge in [0.05, 0.1) is 0 Å². The molecule has 2 nitrogen and oxygen atoms in total. The van der Waals surface area contributed by atoms with E-state index in [-0.39, 0.29) is 0 Å². The van der Waals surface area contributed by atoms with Crippen molar-refractivity contribution in [1.82, 2.24) is 5.32 Å². The lowest BCUT2D eigenvalue weighted by molar-refractivity contribution is 0.731. The highest BCUT2D eigenvalue weighted by Crippen LogP contribution is 2.32. The van der Waals surface area contributed by atoms with Crippen LogP contribution >= 0.6 is 0 Å². The summed E-state index contributed by atoms with van der Waals surface area (Å²) in [5.74, 6) is 0. The summed E-state index contributed by atoms with van der Waals surface area (Å²) in [5, 5.41) is 3.47. The molecule has 14 heavy (non-hydrogen) atoms. The van der Waals surface area contributed by atoms with E-state index in [0.717, 1.165) is 13.0 Å². The minimum absolute atomic E-state index is 0.668. The van der Waals surface area contributed by atoms with Crippen LogP contribution in [0.2, 0.25) is 0 Å². The standard InChI is InChI=1S/C12H22N2/c1-2-14-12(11-8-9-11)7-5-3-4-6-10-13/h4,6,14H,2-3,5,7-10,13H2,1H3/b6-4-. The quantitative estimate of drug-likeness (QED) is 0.482. The van der Waals surface area contributed by atoms with Crippen LogP contribution in [-0.2, 0) is 0 Å². The Kier molecular flexibility index (Phi) is 5.38. The fourth-order valence-electron chi connectivity index (χ4n) is 1.58. The van der Waals surface area contributed by atoms with E-state index < -0.39 is 0 Å². The first-order valence-corrected chi connectivity index (χ1v) is 5.68. The Hall–Kier alpha value is -0.760. The minimum Gasteiger partial charge on any atom is -0.389 e. The van der Waals surface area contributed by atoms with Gasteiger partial charge in [-0.3, -0.25) is 0 Å². The van der Waals surface area contributed by atoms with Crippen molar-refractivity contribution in [3.63, 3.8) is 0 Å². The van der Waals surface area contributed by atoms with Gasteiger partial charge in [0.1, 0.15) is 0 Å². The van der Waals surface area contributed by atoms with E-state index in [4.69, 9.17) is 5.73 Å². The molecule has 1 fully saturated rings. The van der Waals surface area contributed by atoms with Crippen LogP contribution in [0, 0.1) is 0 Å². The molecule has 0 bridgehead atoms. The number of hydrogen-bond donors (Lipinski definition) is 2. The van der Waals surface area contributed by atoms with Crippen LogP contribution in [-0.4, -0.2) is 13.1 Å². The van der Waals surface area contributed by atoms with Gasteiger partial charge in [-0.1, -0.05) is 17.7 Å². The first-order valence-electron chi connectivity index (χ1n) is 5.68. The van der Waals surface area contributed by atoms with Crippen LogP contribution in [0.5, 0.6) is 0 Å². The van der Waals surface area contributed by atoms with Crippen LogP contribution in [0.4, 0.5) is 0 Å². The van der Waals surface area contributed by atoms with Gasteiger partial charge in [0, 0.05) is 18.8 Å². The molecule has 0 heterocycles. The smallest absolute Gasteiger partial charge is 0.0115 e. The van der Waals surface area contributed by atoms with E-state index in [0.29, 0.717) is 6.54 Å². The number of hydrogen-bond acceptors (Lipinski definition) is 2. The average Bonchev–Trinajstić information content (AvgIpc) is 2.99. The topological polar surface area (TPSA) is 38.0 Å². The SMILES string of the molecule is CCNC(CCC/C=C\CN)=C1CC1. The van der Waals surface area contributed by atoms with E-state index in [1.807, 2.05) is 6.08 Å². The highest BCUT2D eigenvalue weighted by Gasteiger charge is 2.16. The van der Waals surface area contributed by atoms with E-state index in [9.17, 15) is 0 Å².